The highest BCUT2D eigenvalue weighted by molar-refractivity contribution is 5.81. The molecule has 4 heterocycles. The van der Waals surface area contributed by atoms with Crippen LogP contribution in [0.25, 0.3) is 16.6 Å². The summed E-state index contributed by atoms with van der Waals surface area (Å²) >= 11 is 0. The number of rotatable bonds is 1. The van der Waals surface area contributed by atoms with Crippen LogP contribution in [0, 0.1) is 0 Å². The molecule has 0 saturated heterocycles. The van der Waals surface area contributed by atoms with E-state index in [1.807, 2.05) is 59.1 Å². The van der Waals surface area contributed by atoms with Gasteiger partial charge in [-0.1, -0.05) is 24.3 Å². The van der Waals surface area contributed by atoms with Crippen LogP contribution in [0.15, 0.2) is 59.5 Å². The van der Waals surface area contributed by atoms with Gasteiger partial charge in [0.25, 0.3) is 5.56 Å². The van der Waals surface area contributed by atoms with Gasteiger partial charge in [-0.2, -0.15) is 0 Å². The third kappa shape index (κ3) is 2.37. The molecule has 0 bridgehead atoms. The molecule has 0 aliphatic carbocycles. The third-order valence-electron chi connectivity index (χ3n) is 5.35. The molecule has 1 atom stereocenters. The quantitative estimate of drug-likeness (QED) is 0.568. The van der Waals surface area contributed by atoms with Gasteiger partial charge in [0.05, 0.1) is 23.4 Å². The largest absolute Gasteiger partial charge is 0.350 e. The molecule has 5 rings (SSSR count). The first-order valence-corrected chi connectivity index (χ1v) is 8.94. The predicted octanol–water partition coefficient (Wildman–Crippen LogP) is 2.34. The highest BCUT2D eigenvalue weighted by Gasteiger charge is 2.30. The van der Waals surface area contributed by atoms with Crippen LogP contribution in [0.5, 0.6) is 0 Å². The molecule has 0 fully saturated rings. The van der Waals surface area contributed by atoms with Gasteiger partial charge in [0.15, 0.2) is 0 Å². The number of aryl methyl sites for hydroxylation is 1. The Morgan fingerprint density at radius 2 is 1.93 bits per heavy atom. The van der Waals surface area contributed by atoms with E-state index in [1.54, 1.807) is 11.6 Å². The number of benzene rings is 1. The molecule has 1 aliphatic heterocycles. The van der Waals surface area contributed by atoms with Gasteiger partial charge in [-0.15, -0.1) is 0 Å². The molecule has 0 saturated carbocycles. The standard InChI is InChI=1S/C21H18N4O2/c1-24-17-7-3-2-6-13(17)10-15(21(24)27)14-11-19(26)22-12-16-20(14)25-9-5-4-8-18(25)23-16/h2-10,14H,11-12H2,1H3,(H,22,26)/t14-/m1/s1. The van der Waals surface area contributed by atoms with Crippen LogP contribution < -0.4 is 10.9 Å². The Morgan fingerprint density at radius 3 is 2.81 bits per heavy atom. The summed E-state index contributed by atoms with van der Waals surface area (Å²) in [4.78, 5) is 30.2. The fraction of sp³-hybridized carbons (Fsp3) is 0.190. The van der Waals surface area contributed by atoms with Gasteiger partial charge in [0.1, 0.15) is 5.65 Å². The minimum atomic E-state index is -0.344. The number of hydrogen-bond donors (Lipinski definition) is 1. The molecule has 4 aromatic rings. The molecule has 6 heteroatoms. The molecule has 0 spiro atoms. The number of carbonyl (C=O) groups excluding carboxylic acids is 1. The van der Waals surface area contributed by atoms with E-state index in [4.69, 9.17) is 0 Å². The van der Waals surface area contributed by atoms with Crippen LogP contribution in [0.4, 0.5) is 0 Å². The number of hydrogen-bond acceptors (Lipinski definition) is 3. The van der Waals surface area contributed by atoms with Crippen molar-refractivity contribution in [1.82, 2.24) is 19.3 Å². The Balaban J connectivity index is 1.83. The van der Waals surface area contributed by atoms with Gasteiger partial charge in [-0.05, 0) is 29.7 Å². The molecule has 1 aromatic carbocycles. The topological polar surface area (TPSA) is 68.4 Å². The number of nitrogens with one attached hydrogen (secondary N) is 1. The summed E-state index contributed by atoms with van der Waals surface area (Å²) in [6, 6.07) is 15.5. The van der Waals surface area contributed by atoms with Crippen molar-refractivity contribution in [3.63, 3.8) is 0 Å². The summed E-state index contributed by atoms with van der Waals surface area (Å²) in [6.45, 7) is 0.375. The summed E-state index contributed by atoms with van der Waals surface area (Å²) in [5.74, 6) is -0.416. The van der Waals surface area contributed by atoms with E-state index >= 15 is 0 Å². The first-order valence-electron chi connectivity index (χ1n) is 8.94. The Hall–Kier alpha value is -3.41. The lowest BCUT2D eigenvalue weighted by Crippen LogP contribution is -2.27. The van der Waals surface area contributed by atoms with Crippen molar-refractivity contribution >= 4 is 22.5 Å². The summed E-state index contributed by atoms with van der Waals surface area (Å²) in [5, 5.41) is 3.89. The second kappa shape index (κ2) is 5.81. The van der Waals surface area contributed by atoms with Gasteiger partial charge >= 0.3 is 0 Å². The predicted molar refractivity (Wildman–Crippen MR) is 103 cm³/mol. The monoisotopic (exact) mass is 358 g/mol. The number of nitrogens with zero attached hydrogens (tertiary/aromatic N) is 3. The Labute approximate surface area is 155 Å². The van der Waals surface area contributed by atoms with Gasteiger partial charge in [-0.3, -0.25) is 9.59 Å². The van der Waals surface area contributed by atoms with Crippen LogP contribution in [-0.2, 0) is 18.4 Å². The first kappa shape index (κ1) is 15.8. The lowest BCUT2D eigenvalue weighted by Gasteiger charge is -2.17. The second-order valence-corrected chi connectivity index (χ2v) is 6.93. The van der Waals surface area contributed by atoms with Crippen molar-refractivity contribution in [2.24, 2.45) is 7.05 Å². The van der Waals surface area contributed by atoms with Crippen molar-refractivity contribution in [2.75, 3.05) is 0 Å². The van der Waals surface area contributed by atoms with Crippen LogP contribution >= 0.6 is 0 Å². The van der Waals surface area contributed by atoms with Gasteiger partial charge in [0.2, 0.25) is 5.91 Å². The summed E-state index contributed by atoms with van der Waals surface area (Å²) < 4.78 is 3.66. The van der Waals surface area contributed by atoms with E-state index in [1.165, 1.54) is 0 Å². The number of para-hydroxylation sites is 1. The minimum Gasteiger partial charge on any atom is -0.350 e. The first-order chi connectivity index (χ1) is 13.1. The molecule has 6 nitrogen and oxygen atoms in total. The minimum absolute atomic E-state index is 0.0714. The van der Waals surface area contributed by atoms with E-state index in [0.29, 0.717) is 12.1 Å². The Morgan fingerprint density at radius 1 is 1.11 bits per heavy atom. The van der Waals surface area contributed by atoms with Crippen molar-refractivity contribution in [3.05, 3.63) is 82.0 Å². The van der Waals surface area contributed by atoms with Gasteiger partial charge in [0, 0.05) is 31.1 Å². The zero-order chi connectivity index (χ0) is 18.5. The molecule has 1 N–H and O–H groups in total. The number of fused-ring (bicyclic) bond motifs is 4. The van der Waals surface area contributed by atoms with Gasteiger partial charge < -0.3 is 14.3 Å². The third-order valence-corrected chi connectivity index (χ3v) is 5.35. The molecule has 0 radical (unpaired) electrons. The number of carbonyl (C=O) groups is 1. The van der Waals surface area contributed by atoms with E-state index in [-0.39, 0.29) is 23.8 Å². The van der Waals surface area contributed by atoms with Crippen molar-refractivity contribution in [2.45, 2.75) is 18.9 Å². The lowest BCUT2D eigenvalue weighted by molar-refractivity contribution is -0.121. The van der Waals surface area contributed by atoms with Crippen molar-refractivity contribution in [1.29, 1.82) is 0 Å². The van der Waals surface area contributed by atoms with Crippen molar-refractivity contribution in [3.8, 4) is 0 Å². The molecule has 3 aromatic heterocycles. The number of amides is 1. The van der Waals surface area contributed by atoms with E-state index in [0.717, 1.165) is 27.9 Å². The Kier molecular flexibility index (Phi) is 3.40. The summed E-state index contributed by atoms with van der Waals surface area (Å²) in [5.41, 5.74) is 3.97. The molecule has 1 aliphatic rings. The van der Waals surface area contributed by atoms with E-state index in [9.17, 15) is 9.59 Å². The van der Waals surface area contributed by atoms with Crippen LogP contribution in [-0.4, -0.2) is 19.9 Å². The Bertz CT molecular complexity index is 1270. The number of imidazole rings is 1. The summed E-state index contributed by atoms with van der Waals surface area (Å²) in [7, 11) is 1.78. The maximum atomic E-state index is 13.2. The van der Waals surface area contributed by atoms with Crippen LogP contribution in [0.3, 0.4) is 0 Å². The fourth-order valence-electron chi connectivity index (χ4n) is 4.05. The zero-order valence-electron chi connectivity index (χ0n) is 14.8. The second-order valence-electron chi connectivity index (χ2n) is 6.93. The van der Waals surface area contributed by atoms with E-state index in [2.05, 4.69) is 10.3 Å². The molecular weight excluding hydrogens is 340 g/mol. The van der Waals surface area contributed by atoms with Crippen LogP contribution in [0.1, 0.15) is 29.3 Å². The van der Waals surface area contributed by atoms with E-state index < -0.39 is 0 Å². The average molecular weight is 358 g/mol. The lowest BCUT2D eigenvalue weighted by atomic mass is 9.91. The number of aromatic nitrogens is 3. The fourth-order valence-corrected chi connectivity index (χ4v) is 4.05. The number of pyridine rings is 2. The molecule has 134 valence electrons. The average Bonchev–Trinajstić information content (AvgIpc) is 2.97. The van der Waals surface area contributed by atoms with Crippen LogP contribution in [0.2, 0.25) is 0 Å². The molecule has 1 amide bonds. The molecule has 27 heavy (non-hydrogen) atoms. The maximum absolute atomic E-state index is 13.2. The maximum Gasteiger partial charge on any atom is 0.254 e. The highest BCUT2D eigenvalue weighted by atomic mass is 16.1. The zero-order valence-corrected chi connectivity index (χ0v) is 14.8. The molecular formula is C21H18N4O2. The SMILES string of the molecule is Cn1c(=O)c([C@H]2CC(=O)NCc3nc4ccccn4c32)cc2ccccc21. The van der Waals surface area contributed by atoms with Crippen molar-refractivity contribution < 1.29 is 4.79 Å². The normalized spacial score (nSPS) is 16.9. The smallest absolute Gasteiger partial charge is 0.254 e. The highest BCUT2D eigenvalue weighted by Crippen LogP contribution is 2.32. The summed E-state index contributed by atoms with van der Waals surface area (Å²) in [6.07, 6.45) is 2.17. The van der Waals surface area contributed by atoms with Gasteiger partial charge in [-0.25, -0.2) is 4.98 Å². The molecule has 0 unspecified atom stereocenters.